The number of furan rings is 1. The summed E-state index contributed by atoms with van der Waals surface area (Å²) in [6.45, 7) is 3.79. The smallest absolute Gasteiger partial charge is 0.243 e. The number of nitrogens with zero attached hydrogens (tertiary/aromatic N) is 2. The Morgan fingerprint density at radius 2 is 2.07 bits per heavy atom. The number of aryl methyl sites for hydroxylation is 1. The van der Waals surface area contributed by atoms with Crippen LogP contribution in [0.25, 0.3) is 11.0 Å². The predicted octanol–water partition coefficient (Wildman–Crippen LogP) is 4.00. The molecule has 5 heteroatoms. The average Bonchev–Trinajstić information content (AvgIpc) is 3.33. The Balaban J connectivity index is 1.16. The van der Waals surface area contributed by atoms with E-state index in [0.29, 0.717) is 18.5 Å². The number of benzene rings is 2. The van der Waals surface area contributed by atoms with Gasteiger partial charge in [0.25, 0.3) is 0 Å². The van der Waals surface area contributed by atoms with Gasteiger partial charge in [-0.25, -0.2) is 0 Å². The molecule has 148 valence electrons. The Hall–Kier alpha value is -2.79. The summed E-state index contributed by atoms with van der Waals surface area (Å²) in [5.74, 6) is 0.615. The van der Waals surface area contributed by atoms with Crippen LogP contribution in [0.3, 0.4) is 0 Å². The SMILES string of the molecule is O=C1CN2c3c(cccc3[C@@H]3CN(CCCc4cccc5ccoc45)CC[C@@H]32)N1. The summed E-state index contributed by atoms with van der Waals surface area (Å²) in [5.41, 5.74) is 6.02. The van der Waals surface area contributed by atoms with E-state index in [1.165, 1.54) is 22.2 Å². The highest BCUT2D eigenvalue weighted by Gasteiger charge is 2.44. The van der Waals surface area contributed by atoms with Crippen LogP contribution in [0.2, 0.25) is 0 Å². The average molecular weight is 387 g/mol. The Morgan fingerprint density at radius 3 is 3.03 bits per heavy atom. The van der Waals surface area contributed by atoms with Crippen molar-refractivity contribution in [3.8, 4) is 0 Å². The maximum absolute atomic E-state index is 12.1. The highest BCUT2D eigenvalue weighted by Crippen LogP contribution is 2.49. The zero-order valence-corrected chi connectivity index (χ0v) is 16.4. The van der Waals surface area contributed by atoms with Gasteiger partial charge in [-0.05, 0) is 49.1 Å². The predicted molar refractivity (Wildman–Crippen MR) is 115 cm³/mol. The molecule has 0 radical (unpaired) electrons. The van der Waals surface area contributed by atoms with E-state index in [9.17, 15) is 4.79 Å². The van der Waals surface area contributed by atoms with Crippen LogP contribution in [0.15, 0.2) is 53.1 Å². The summed E-state index contributed by atoms with van der Waals surface area (Å²) in [4.78, 5) is 17.1. The van der Waals surface area contributed by atoms with E-state index in [4.69, 9.17) is 4.42 Å². The number of carbonyl (C=O) groups excluding carboxylic acids is 1. The quantitative estimate of drug-likeness (QED) is 0.735. The molecule has 0 bridgehead atoms. The first-order valence-electron chi connectivity index (χ1n) is 10.6. The molecule has 2 atom stereocenters. The lowest BCUT2D eigenvalue weighted by Crippen LogP contribution is -2.49. The summed E-state index contributed by atoms with van der Waals surface area (Å²) < 4.78 is 5.68. The summed E-state index contributed by atoms with van der Waals surface area (Å²) in [6.07, 6.45) is 5.08. The summed E-state index contributed by atoms with van der Waals surface area (Å²) in [6, 6.07) is 15.3. The topological polar surface area (TPSA) is 48.7 Å². The molecule has 5 nitrogen and oxygen atoms in total. The second kappa shape index (κ2) is 6.63. The Bertz CT molecular complexity index is 1090. The molecule has 3 aliphatic heterocycles. The summed E-state index contributed by atoms with van der Waals surface area (Å²) >= 11 is 0. The number of nitrogens with one attached hydrogen (secondary N) is 1. The number of piperidine rings is 1. The Morgan fingerprint density at radius 1 is 1.14 bits per heavy atom. The fourth-order valence-electron chi connectivity index (χ4n) is 5.62. The zero-order chi connectivity index (χ0) is 19.4. The highest BCUT2D eigenvalue weighted by molar-refractivity contribution is 6.03. The molecule has 1 amide bonds. The molecular weight excluding hydrogens is 362 g/mol. The third-order valence-corrected chi connectivity index (χ3v) is 6.88. The third-order valence-electron chi connectivity index (χ3n) is 6.88. The van der Waals surface area contributed by atoms with Gasteiger partial charge in [0.2, 0.25) is 5.91 Å². The standard InChI is InChI=1S/C24H25N3O2/c28-22-15-27-21-9-12-26(14-19(21)18-7-2-8-20(25-22)23(18)27)11-3-6-16-4-1-5-17-10-13-29-24(16)17/h1-2,4-5,7-8,10,13,19,21H,3,6,9,11-12,14-15H2,(H,25,28)/t19-,21-/m0/s1. The van der Waals surface area contributed by atoms with Crippen LogP contribution in [-0.4, -0.2) is 43.0 Å². The minimum atomic E-state index is 0.116. The first-order valence-corrected chi connectivity index (χ1v) is 10.6. The van der Waals surface area contributed by atoms with Gasteiger partial charge in [-0.3, -0.25) is 4.79 Å². The van der Waals surface area contributed by atoms with Gasteiger partial charge >= 0.3 is 0 Å². The van der Waals surface area contributed by atoms with Gasteiger partial charge in [-0.2, -0.15) is 0 Å². The van der Waals surface area contributed by atoms with Crippen LogP contribution in [0, 0.1) is 0 Å². The van der Waals surface area contributed by atoms with Gasteiger partial charge < -0.3 is 19.5 Å². The molecule has 4 heterocycles. The lowest BCUT2D eigenvalue weighted by atomic mass is 9.89. The van der Waals surface area contributed by atoms with Crippen molar-refractivity contribution in [1.29, 1.82) is 0 Å². The molecule has 3 aliphatic rings. The molecule has 1 N–H and O–H groups in total. The number of anilines is 2. The Labute approximate surface area is 170 Å². The van der Waals surface area contributed by atoms with Crippen molar-refractivity contribution in [3.63, 3.8) is 0 Å². The lowest BCUT2D eigenvalue weighted by molar-refractivity contribution is -0.115. The van der Waals surface area contributed by atoms with E-state index < -0.39 is 0 Å². The first-order chi connectivity index (χ1) is 14.3. The normalized spacial score (nSPS) is 23.2. The lowest BCUT2D eigenvalue weighted by Gasteiger charge is -2.39. The monoisotopic (exact) mass is 387 g/mol. The van der Waals surface area contributed by atoms with E-state index in [1.54, 1.807) is 6.26 Å². The van der Waals surface area contributed by atoms with Crippen molar-refractivity contribution < 1.29 is 9.21 Å². The van der Waals surface area contributed by atoms with Crippen LogP contribution >= 0.6 is 0 Å². The fourth-order valence-corrected chi connectivity index (χ4v) is 5.62. The summed E-state index contributed by atoms with van der Waals surface area (Å²) in [7, 11) is 0. The number of amides is 1. The molecule has 1 saturated heterocycles. The molecule has 2 aromatic carbocycles. The van der Waals surface area contributed by atoms with Gasteiger partial charge in [0, 0.05) is 30.4 Å². The van der Waals surface area contributed by atoms with Crippen molar-refractivity contribution in [3.05, 3.63) is 59.9 Å². The molecule has 0 saturated carbocycles. The first kappa shape index (κ1) is 17.1. The Kier molecular flexibility index (Phi) is 3.91. The number of fused-ring (bicyclic) bond motifs is 4. The second-order valence-electron chi connectivity index (χ2n) is 8.54. The third kappa shape index (κ3) is 2.76. The van der Waals surface area contributed by atoms with Crippen molar-refractivity contribution >= 4 is 28.3 Å². The number of hydrogen-bond donors (Lipinski definition) is 1. The number of likely N-dealkylation sites (tertiary alicyclic amines) is 1. The van der Waals surface area contributed by atoms with Crippen LogP contribution in [0.1, 0.15) is 29.9 Å². The number of carbonyl (C=O) groups is 1. The van der Waals surface area contributed by atoms with E-state index in [2.05, 4.69) is 45.4 Å². The van der Waals surface area contributed by atoms with Crippen LogP contribution in [0.4, 0.5) is 11.4 Å². The van der Waals surface area contributed by atoms with Crippen LogP contribution < -0.4 is 10.2 Å². The molecule has 3 aromatic rings. The minimum absolute atomic E-state index is 0.116. The molecule has 6 rings (SSSR count). The second-order valence-corrected chi connectivity index (χ2v) is 8.54. The van der Waals surface area contributed by atoms with Gasteiger partial charge in [-0.1, -0.05) is 30.3 Å². The van der Waals surface area contributed by atoms with Crippen molar-refractivity contribution in [2.24, 2.45) is 0 Å². The van der Waals surface area contributed by atoms with Crippen LogP contribution in [0.5, 0.6) is 0 Å². The molecule has 1 fully saturated rings. The molecular formula is C24H25N3O2. The van der Waals surface area contributed by atoms with Gasteiger partial charge in [0.1, 0.15) is 5.58 Å². The van der Waals surface area contributed by atoms with E-state index in [-0.39, 0.29) is 5.91 Å². The highest BCUT2D eigenvalue weighted by atomic mass is 16.3. The van der Waals surface area contributed by atoms with Crippen LogP contribution in [-0.2, 0) is 11.2 Å². The maximum atomic E-state index is 12.1. The largest absolute Gasteiger partial charge is 0.464 e. The van der Waals surface area contributed by atoms with Crippen molar-refractivity contribution in [2.45, 2.75) is 31.2 Å². The summed E-state index contributed by atoms with van der Waals surface area (Å²) in [5, 5.41) is 4.24. The molecule has 1 aromatic heterocycles. The molecule has 29 heavy (non-hydrogen) atoms. The number of para-hydroxylation sites is 2. The molecule has 0 unspecified atom stereocenters. The zero-order valence-electron chi connectivity index (χ0n) is 16.4. The molecule has 0 spiro atoms. The van der Waals surface area contributed by atoms with Gasteiger partial charge in [0.15, 0.2) is 0 Å². The van der Waals surface area contributed by atoms with Gasteiger partial charge in [-0.15, -0.1) is 0 Å². The number of rotatable bonds is 4. The maximum Gasteiger partial charge on any atom is 0.243 e. The fraction of sp³-hybridized carbons (Fsp3) is 0.375. The molecule has 0 aliphatic carbocycles. The van der Waals surface area contributed by atoms with E-state index in [1.807, 2.05) is 12.1 Å². The van der Waals surface area contributed by atoms with Crippen molar-refractivity contribution in [2.75, 3.05) is 36.4 Å². The van der Waals surface area contributed by atoms with E-state index in [0.717, 1.165) is 50.2 Å². The van der Waals surface area contributed by atoms with E-state index >= 15 is 0 Å². The minimum Gasteiger partial charge on any atom is -0.464 e. The number of hydrogen-bond acceptors (Lipinski definition) is 4. The van der Waals surface area contributed by atoms with Crippen molar-refractivity contribution in [1.82, 2.24) is 4.90 Å². The van der Waals surface area contributed by atoms with Gasteiger partial charge in [0.05, 0.1) is 24.2 Å².